The summed E-state index contributed by atoms with van der Waals surface area (Å²) in [6, 6.07) is 3.65. The van der Waals surface area contributed by atoms with E-state index in [1.807, 2.05) is 0 Å². The Labute approximate surface area is 101 Å². The van der Waals surface area contributed by atoms with Gasteiger partial charge in [-0.2, -0.15) is 0 Å². The molecule has 2 rings (SSSR count). The van der Waals surface area contributed by atoms with Gasteiger partial charge in [-0.05, 0) is 12.1 Å². The number of carbonyl (C=O) groups excluding carboxylic acids is 1. The molecular formula is C11H9NO6. The summed E-state index contributed by atoms with van der Waals surface area (Å²) in [5.74, 6) is -3.76. The number of rotatable bonds is 4. The molecule has 1 aliphatic rings. The number of hydroxylamine groups is 2. The summed E-state index contributed by atoms with van der Waals surface area (Å²) in [4.78, 5) is 38.5. The Morgan fingerprint density at radius 3 is 2.17 bits per heavy atom. The van der Waals surface area contributed by atoms with E-state index < -0.39 is 29.0 Å². The van der Waals surface area contributed by atoms with Crippen LogP contribution < -0.4 is 0 Å². The maximum atomic E-state index is 11.7. The second-order valence-electron chi connectivity index (χ2n) is 3.65. The summed E-state index contributed by atoms with van der Waals surface area (Å²) in [5, 5.41) is 19.2. The van der Waals surface area contributed by atoms with Gasteiger partial charge in [-0.15, -0.1) is 5.06 Å². The predicted molar refractivity (Wildman–Crippen MR) is 57.3 cm³/mol. The van der Waals surface area contributed by atoms with E-state index in [2.05, 4.69) is 0 Å². The van der Waals surface area contributed by atoms with Crippen LogP contribution in [-0.2, 0) is 4.84 Å². The highest BCUT2D eigenvalue weighted by atomic mass is 16.7. The Hall–Kier alpha value is -2.41. The van der Waals surface area contributed by atoms with Crippen molar-refractivity contribution < 1.29 is 29.4 Å². The molecule has 1 fully saturated rings. The molecule has 1 aromatic carbocycles. The van der Waals surface area contributed by atoms with Gasteiger partial charge in [-0.3, -0.25) is 0 Å². The molecule has 0 spiro atoms. The first-order valence-electron chi connectivity index (χ1n) is 5.07. The molecule has 2 N–H and O–H groups in total. The first-order valence-corrected chi connectivity index (χ1v) is 5.07. The Kier molecular flexibility index (Phi) is 2.99. The molecule has 0 bridgehead atoms. The highest BCUT2D eigenvalue weighted by Gasteiger charge is 2.28. The largest absolute Gasteiger partial charge is 0.478 e. The number of aromatic carboxylic acids is 2. The molecule has 1 aromatic rings. The van der Waals surface area contributed by atoms with Crippen LogP contribution >= 0.6 is 0 Å². The first kappa shape index (κ1) is 12.1. The van der Waals surface area contributed by atoms with Crippen LogP contribution in [0.25, 0.3) is 0 Å². The number of carboxylic acid groups (broad SMARTS) is 2. The summed E-state index contributed by atoms with van der Waals surface area (Å²) >= 11 is 0. The lowest BCUT2D eigenvalue weighted by Gasteiger charge is -2.08. The lowest BCUT2D eigenvalue weighted by Crippen LogP contribution is -2.18. The third-order valence-corrected chi connectivity index (χ3v) is 2.35. The number of benzene rings is 1. The summed E-state index contributed by atoms with van der Waals surface area (Å²) in [7, 11) is 0. The molecule has 1 saturated heterocycles. The summed E-state index contributed by atoms with van der Waals surface area (Å²) in [6.07, 6.45) is 0. The molecule has 94 valence electrons. The zero-order chi connectivity index (χ0) is 13.3. The maximum absolute atomic E-state index is 11.7. The van der Waals surface area contributed by atoms with Gasteiger partial charge in [-0.25, -0.2) is 14.4 Å². The number of carboxylic acids is 2. The van der Waals surface area contributed by atoms with Crippen molar-refractivity contribution in [1.82, 2.24) is 5.06 Å². The molecule has 0 aliphatic carbocycles. The van der Waals surface area contributed by atoms with Crippen molar-refractivity contribution in [2.75, 3.05) is 13.1 Å². The van der Waals surface area contributed by atoms with Crippen LogP contribution in [0.3, 0.4) is 0 Å². The molecule has 7 nitrogen and oxygen atoms in total. The van der Waals surface area contributed by atoms with E-state index in [1.54, 1.807) is 0 Å². The standard InChI is InChI=1S/C11H9NO6/c13-9(14)6-2-1-3-7(8(6)10(15)16)11(17)18-12-4-5-12/h1-3H,4-5H2,(H,13,14)(H,15,16). The van der Waals surface area contributed by atoms with Gasteiger partial charge in [0.05, 0.1) is 29.8 Å². The second kappa shape index (κ2) is 4.46. The lowest BCUT2D eigenvalue weighted by atomic mass is 10.0. The Balaban J connectivity index is 2.44. The molecule has 1 heterocycles. The average Bonchev–Trinajstić information content (AvgIpc) is 3.11. The Morgan fingerprint density at radius 2 is 1.67 bits per heavy atom. The highest BCUT2D eigenvalue weighted by Crippen LogP contribution is 2.18. The van der Waals surface area contributed by atoms with Crippen LogP contribution in [0.5, 0.6) is 0 Å². The normalized spacial score (nSPS) is 14.0. The number of carbonyl (C=O) groups is 3. The Bertz CT molecular complexity index is 534. The van der Waals surface area contributed by atoms with Gasteiger partial charge in [0.25, 0.3) is 0 Å². The van der Waals surface area contributed by atoms with Crippen molar-refractivity contribution in [2.45, 2.75) is 0 Å². The smallest absolute Gasteiger partial charge is 0.357 e. The first-order chi connectivity index (χ1) is 8.50. The molecule has 0 aromatic heterocycles. The van der Waals surface area contributed by atoms with Gasteiger partial charge in [0.15, 0.2) is 0 Å². The van der Waals surface area contributed by atoms with E-state index in [4.69, 9.17) is 15.1 Å². The molecular weight excluding hydrogens is 242 g/mol. The predicted octanol–water partition coefficient (Wildman–Crippen LogP) is 0.470. The number of hydrogen-bond donors (Lipinski definition) is 2. The van der Waals surface area contributed by atoms with Gasteiger partial charge in [0.1, 0.15) is 0 Å². The molecule has 0 amide bonds. The van der Waals surface area contributed by atoms with Gasteiger partial charge in [0.2, 0.25) is 0 Å². The molecule has 0 atom stereocenters. The highest BCUT2D eigenvalue weighted by molar-refractivity contribution is 6.09. The molecule has 0 saturated carbocycles. The third-order valence-electron chi connectivity index (χ3n) is 2.35. The average molecular weight is 251 g/mol. The van der Waals surface area contributed by atoms with Crippen molar-refractivity contribution in [2.24, 2.45) is 0 Å². The fourth-order valence-corrected chi connectivity index (χ4v) is 1.43. The molecule has 1 aliphatic heterocycles. The molecule has 0 unspecified atom stereocenters. The van der Waals surface area contributed by atoms with Crippen molar-refractivity contribution in [3.05, 3.63) is 34.9 Å². The summed E-state index contributed by atoms with van der Waals surface area (Å²) < 4.78 is 0. The Morgan fingerprint density at radius 1 is 1.06 bits per heavy atom. The number of nitrogens with zero attached hydrogens (tertiary/aromatic N) is 1. The molecule has 7 heteroatoms. The van der Waals surface area contributed by atoms with Crippen molar-refractivity contribution in [3.63, 3.8) is 0 Å². The minimum absolute atomic E-state index is 0.269. The van der Waals surface area contributed by atoms with E-state index in [9.17, 15) is 14.4 Å². The van der Waals surface area contributed by atoms with Gasteiger partial charge in [0, 0.05) is 0 Å². The van der Waals surface area contributed by atoms with Crippen molar-refractivity contribution in [3.8, 4) is 0 Å². The van der Waals surface area contributed by atoms with Gasteiger partial charge < -0.3 is 15.1 Å². The van der Waals surface area contributed by atoms with Crippen LogP contribution in [0.4, 0.5) is 0 Å². The van der Waals surface area contributed by atoms with Gasteiger partial charge in [-0.1, -0.05) is 6.07 Å². The van der Waals surface area contributed by atoms with Crippen LogP contribution in [-0.4, -0.2) is 46.3 Å². The topological polar surface area (TPSA) is 104 Å². The SMILES string of the molecule is O=C(O)c1cccc(C(=O)ON2CC2)c1C(=O)O. The fraction of sp³-hybridized carbons (Fsp3) is 0.182. The van der Waals surface area contributed by atoms with Crippen LogP contribution in [0, 0.1) is 0 Å². The van der Waals surface area contributed by atoms with E-state index >= 15 is 0 Å². The minimum Gasteiger partial charge on any atom is -0.478 e. The van der Waals surface area contributed by atoms with Crippen molar-refractivity contribution >= 4 is 17.9 Å². The van der Waals surface area contributed by atoms with E-state index in [1.165, 1.54) is 17.2 Å². The van der Waals surface area contributed by atoms with Gasteiger partial charge >= 0.3 is 17.9 Å². The van der Waals surface area contributed by atoms with Crippen LogP contribution in [0.1, 0.15) is 31.1 Å². The minimum atomic E-state index is -1.48. The third kappa shape index (κ3) is 2.30. The quantitative estimate of drug-likeness (QED) is 0.749. The van der Waals surface area contributed by atoms with E-state index in [-0.39, 0.29) is 5.56 Å². The monoisotopic (exact) mass is 251 g/mol. The second-order valence-corrected chi connectivity index (χ2v) is 3.65. The van der Waals surface area contributed by atoms with Crippen LogP contribution in [0.15, 0.2) is 18.2 Å². The summed E-state index contributed by atoms with van der Waals surface area (Å²) in [5.41, 5.74) is -1.27. The maximum Gasteiger partial charge on any atom is 0.357 e. The molecule has 0 radical (unpaired) electrons. The zero-order valence-corrected chi connectivity index (χ0v) is 9.12. The van der Waals surface area contributed by atoms with E-state index in [0.29, 0.717) is 13.1 Å². The fourth-order valence-electron chi connectivity index (χ4n) is 1.43. The van der Waals surface area contributed by atoms with Crippen LogP contribution in [0.2, 0.25) is 0 Å². The molecule has 18 heavy (non-hydrogen) atoms. The van der Waals surface area contributed by atoms with Crippen molar-refractivity contribution in [1.29, 1.82) is 0 Å². The number of hydrogen-bond acceptors (Lipinski definition) is 5. The van der Waals surface area contributed by atoms with E-state index in [0.717, 1.165) is 6.07 Å². The summed E-state index contributed by atoms with van der Waals surface area (Å²) in [6.45, 7) is 1.18. The lowest BCUT2D eigenvalue weighted by molar-refractivity contribution is -0.0285. The zero-order valence-electron chi connectivity index (χ0n) is 9.12.